The third-order valence-corrected chi connectivity index (χ3v) is 7.63. The van der Waals surface area contributed by atoms with E-state index in [1.54, 1.807) is 12.1 Å². The Morgan fingerprint density at radius 1 is 1.38 bits per heavy atom. The zero-order valence-electron chi connectivity index (χ0n) is 18.4. The summed E-state index contributed by atoms with van der Waals surface area (Å²) in [4.78, 5) is 15.1. The van der Waals surface area contributed by atoms with Gasteiger partial charge < -0.3 is 15.4 Å². The summed E-state index contributed by atoms with van der Waals surface area (Å²) in [6.07, 6.45) is 7.56. The van der Waals surface area contributed by atoms with Gasteiger partial charge >= 0.3 is 0 Å². The number of carbonyl (C=O) groups excluding carboxylic acids is 1. The maximum atomic E-state index is 14.9. The molecular weight excluding hydrogens is 407 g/mol. The van der Waals surface area contributed by atoms with Crippen molar-refractivity contribution in [3.8, 4) is 6.07 Å². The van der Waals surface area contributed by atoms with Crippen molar-refractivity contribution in [2.24, 2.45) is 5.92 Å². The standard InChI is InChI=1S/C25H31FN4O2/c26-23-13-17(16-5-8-30(9-6-16)22-7-10-32-15-22)1-2-18(23)11-21(14-27)29-25(31)24-19-3-4-20(12-19)28-24/h1-2,5,13,19-22,24,28H,3-4,6-12,15H2,(H,29,31)/t19?,20?,21-,22?,24?/m0/s1. The molecular formula is C25H31FN4O2. The van der Waals surface area contributed by atoms with E-state index in [4.69, 9.17) is 4.74 Å². The number of hydrogen-bond donors (Lipinski definition) is 2. The molecule has 3 fully saturated rings. The number of nitriles is 1. The molecule has 4 unspecified atom stereocenters. The van der Waals surface area contributed by atoms with Crippen LogP contribution in [-0.4, -0.2) is 61.3 Å². The molecule has 4 aliphatic rings. The predicted molar refractivity (Wildman–Crippen MR) is 119 cm³/mol. The van der Waals surface area contributed by atoms with Gasteiger partial charge in [-0.15, -0.1) is 0 Å². The molecule has 32 heavy (non-hydrogen) atoms. The number of hydrogen-bond acceptors (Lipinski definition) is 5. The molecule has 3 heterocycles. The molecule has 1 saturated carbocycles. The summed E-state index contributed by atoms with van der Waals surface area (Å²) in [5.74, 6) is -0.0934. The molecule has 0 spiro atoms. The maximum absolute atomic E-state index is 14.9. The number of amides is 1. The number of halogens is 1. The van der Waals surface area contributed by atoms with Crippen LogP contribution < -0.4 is 10.6 Å². The minimum absolute atomic E-state index is 0.134. The molecule has 3 aliphatic heterocycles. The van der Waals surface area contributed by atoms with Crippen molar-refractivity contribution in [1.82, 2.24) is 15.5 Å². The molecule has 2 saturated heterocycles. The van der Waals surface area contributed by atoms with Crippen LogP contribution in [0.2, 0.25) is 0 Å². The van der Waals surface area contributed by atoms with Crippen LogP contribution in [0.1, 0.15) is 43.2 Å². The van der Waals surface area contributed by atoms with Gasteiger partial charge in [0.1, 0.15) is 11.9 Å². The minimum atomic E-state index is -0.736. The largest absolute Gasteiger partial charge is 0.380 e. The van der Waals surface area contributed by atoms with Crippen molar-refractivity contribution in [3.63, 3.8) is 0 Å². The Hall–Kier alpha value is -2.27. The summed E-state index contributed by atoms with van der Waals surface area (Å²) in [5.41, 5.74) is 2.53. The van der Waals surface area contributed by atoms with E-state index in [1.807, 2.05) is 6.07 Å². The molecule has 0 radical (unpaired) electrons. The summed E-state index contributed by atoms with van der Waals surface area (Å²) < 4.78 is 20.4. The molecule has 2 N–H and O–H groups in total. The second kappa shape index (κ2) is 9.30. The fourth-order valence-corrected chi connectivity index (χ4v) is 5.76. The molecule has 6 nitrogen and oxygen atoms in total. The van der Waals surface area contributed by atoms with Crippen LogP contribution >= 0.6 is 0 Å². The SMILES string of the molecule is N#C[C@H](Cc1ccc(C2=CCN(C3CCOC3)CC2)cc1F)NC(=O)C1NC2CCC1C2. The van der Waals surface area contributed by atoms with Gasteiger partial charge in [0.15, 0.2) is 0 Å². The van der Waals surface area contributed by atoms with Crippen LogP contribution in [0.4, 0.5) is 4.39 Å². The van der Waals surface area contributed by atoms with E-state index in [9.17, 15) is 14.4 Å². The van der Waals surface area contributed by atoms with Crippen LogP contribution in [0.5, 0.6) is 0 Å². The second-order valence-electron chi connectivity index (χ2n) is 9.61. The Bertz CT molecular complexity index is 936. The molecule has 1 aliphatic carbocycles. The number of nitrogens with zero attached hydrogens (tertiary/aromatic N) is 2. The zero-order chi connectivity index (χ0) is 22.1. The fraction of sp³-hybridized carbons (Fsp3) is 0.600. The Labute approximate surface area is 188 Å². The van der Waals surface area contributed by atoms with Gasteiger partial charge in [-0.05, 0) is 60.8 Å². The third kappa shape index (κ3) is 4.45. The van der Waals surface area contributed by atoms with Gasteiger partial charge in [0.25, 0.3) is 0 Å². The normalized spacial score (nSPS) is 30.7. The number of nitrogens with one attached hydrogen (secondary N) is 2. The Balaban J connectivity index is 1.19. The molecule has 5 rings (SSSR count). The first kappa shape index (κ1) is 21.6. The minimum Gasteiger partial charge on any atom is -0.380 e. The highest BCUT2D eigenvalue weighted by atomic mass is 19.1. The van der Waals surface area contributed by atoms with E-state index in [-0.39, 0.29) is 24.2 Å². The average Bonchev–Trinajstić information content (AvgIpc) is 3.58. The highest BCUT2D eigenvalue weighted by Crippen LogP contribution is 2.35. The summed E-state index contributed by atoms with van der Waals surface area (Å²) in [7, 11) is 0. The molecule has 7 heteroatoms. The van der Waals surface area contributed by atoms with E-state index >= 15 is 0 Å². The van der Waals surface area contributed by atoms with E-state index in [2.05, 4.69) is 27.7 Å². The van der Waals surface area contributed by atoms with Crippen molar-refractivity contribution < 1.29 is 13.9 Å². The number of piperidine rings is 1. The Morgan fingerprint density at radius 3 is 2.91 bits per heavy atom. The van der Waals surface area contributed by atoms with Gasteiger partial charge in [-0.3, -0.25) is 9.69 Å². The fourth-order valence-electron chi connectivity index (χ4n) is 5.76. The van der Waals surface area contributed by atoms with Crippen molar-refractivity contribution >= 4 is 11.5 Å². The first-order valence-electron chi connectivity index (χ1n) is 11.9. The zero-order valence-corrected chi connectivity index (χ0v) is 18.4. The second-order valence-corrected chi connectivity index (χ2v) is 9.61. The van der Waals surface area contributed by atoms with Crippen molar-refractivity contribution in [2.45, 2.75) is 62.7 Å². The van der Waals surface area contributed by atoms with E-state index in [1.165, 1.54) is 0 Å². The molecule has 1 aromatic carbocycles. The van der Waals surface area contributed by atoms with E-state index < -0.39 is 6.04 Å². The van der Waals surface area contributed by atoms with Crippen molar-refractivity contribution in [3.05, 3.63) is 41.2 Å². The molecule has 2 bridgehead atoms. The first-order valence-corrected chi connectivity index (χ1v) is 11.9. The summed E-state index contributed by atoms with van der Waals surface area (Å²) in [6, 6.07) is 7.37. The molecule has 1 amide bonds. The topological polar surface area (TPSA) is 77.4 Å². The lowest BCUT2D eigenvalue weighted by molar-refractivity contribution is -0.124. The quantitative estimate of drug-likeness (QED) is 0.713. The first-order chi connectivity index (χ1) is 15.6. The van der Waals surface area contributed by atoms with Crippen molar-refractivity contribution in [2.75, 3.05) is 26.3 Å². The van der Waals surface area contributed by atoms with E-state index in [0.29, 0.717) is 23.6 Å². The van der Waals surface area contributed by atoms with E-state index in [0.717, 1.165) is 69.5 Å². The van der Waals surface area contributed by atoms with Gasteiger partial charge in [-0.25, -0.2) is 4.39 Å². The highest BCUT2D eigenvalue weighted by Gasteiger charge is 2.43. The summed E-state index contributed by atoms with van der Waals surface area (Å²) in [6.45, 7) is 3.48. The van der Waals surface area contributed by atoms with Gasteiger partial charge in [0.05, 0.1) is 18.7 Å². The van der Waals surface area contributed by atoms with Crippen LogP contribution in [0.15, 0.2) is 24.3 Å². The molecule has 0 aromatic heterocycles. The number of fused-ring (bicyclic) bond motifs is 2. The number of benzene rings is 1. The lowest BCUT2D eigenvalue weighted by Crippen LogP contribution is -2.50. The maximum Gasteiger partial charge on any atom is 0.238 e. The smallest absolute Gasteiger partial charge is 0.238 e. The highest BCUT2D eigenvalue weighted by molar-refractivity contribution is 5.83. The molecule has 1 aromatic rings. The number of carbonyl (C=O) groups is 1. The molecule has 5 atom stereocenters. The van der Waals surface area contributed by atoms with Gasteiger partial charge in [-0.1, -0.05) is 18.2 Å². The predicted octanol–water partition coefficient (Wildman–Crippen LogP) is 2.40. The van der Waals surface area contributed by atoms with Crippen LogP contribution in [-0.2, 0) is 16.0 Å². The summed E-state index contributed by atoms with van der Waals surface area (Å²) in [5, 5.41) is 15.7. The van der Waals surface area contributed by atoms with Gasteiger partial charge in [0, 0.05) is 38.2 Å². The lowest BCUT2D eigenvalue weighted by atomic mass is 9.95. The van der Waals surface area contributed by atoms with Crippen LogP contribution in [0.3, 0.4) is 0 Å². The number of rotatable bonds is 6. The lowest BCUT2D eigenvalue weighted by Gasteiger charge is -2.31. The average molecular weight is 439 g/mol. The van der Waals surface area contributed by atoms with Crippen LogP contribution in [0, 0.1) is 23.1 Å². The van der Waals surface area contributed by atoms with Gasteiger partial charge in [0.2, 0.25) is 5.91 Å². The third-order valence-electron chi connectivity index (χ3n) is 7.63. The van der Waals surface area contributed by atoms with Gasteiger partial charge in [-0.2, -0.15) is 5.26 Å². The Morgan fingerprint density at radius 2 is 2.28 bits per heavy atom. The van der Waals surface area contributed by atoms with Crippen LogP contribution in [0.25, 0.3) is 5.57 Å². The molecule has 170 valence electrons. The van der Waals surface area contributed by atoms with Crippen molar-refractivity contribution in [1.29, 1.82) is 5.26 Å². The number of ether oxygens (including phenoxy) is 1. The Kier molecular flexibility index (Phi) is 6.27. The summed E-state index contributed by atoms with van der Waals surface area (Å²) >= 11 is 0. The monoisotopic (exact) mass is 438 g/mol.